The standard InChI is InChI=1S/C16H15N3OS/c1-11-6-5-9-13(14(11)20)10-17-16-19-18-15(21-16)12-7-3-2-4-8-12/h2-9,20H,10H2,1H3,(H,17,19). The summed E-state index contributed by atoms with van der Waals surface area (Å²) in [6.45, 7) is 2.41. The Labute approximate surface area is 127 Å². The van der Waals surface area contributed by atoms with Gasteiger partial charge >= 0.3 is 0 Å². The Morgan fingerprint density at radius 3 is 2.67 bits per heavy atom. The molecule has 0 spiro atoms. The van der Waals surface area contributed by atoms with Crippen LogP contribution in [0.15, 0.2) is 48.5 Å². The number of aromatic nitrogens is 2. The number of aromatic hydroxyl groups is 1. The largest absolute Gasteiger partial charge is 0.507 e. The summed E-state index contributed by atoms with van der Waals surface area (Å²) in [5, 5.41) is 23.1. The van der Waals surface area contributed by atoms with Crippen LogP contribution in [0.4, 0.5) is 5.13 Å². The zero-order valence-corrected chi connectivity index (χ0v) is 12.4. The van der Waals surface area contributed by atoms with E-state index < -0.39 is 0 Å². The van der Waals surface area contributed by atoms with Crippen molar-refractivity contribution < 1.29 is 5.11 Å². The van der Waals surface area contributed by atoms with Crippen molar-refractivity contribution in [3.8, 4) is 16.3 Å². The Hall–Kier alpha value is -2.40. The van der Waals surface area contributed by atoms with Crippen LogP contribution in [0.3, 0.4) is 0 Å². The molecule has 0 radical (unpaired) electrons. The van der Waals surface area contributed by atoms with E-state index in [1.165, 1.54) is 11.3 Å². The molecule has 21 heavy (non-hydrogen) atoms. The summed E-state index contributed by atoms with van der Waals surface area (Å²) in [6.07, 6.45) is 0. The highest BCUT2D eigenvalue weighted by atomic mass is 32.1. The molecule has 0 unspecified atom stereocenters. The van der Waals surface area contributed by atoms with Crippen molar-refractivity contribution in [1.82, 2.24) is 10.2 Å². The SMILES string of the molecule is Cc1cccc(CNc2nnc(-c3ccccc3)s2)c1O. The van der Waals surface area contributed by atoms with Crippen molar-refractivity contribution in [2.45, 2.75) is 13.5 Å². The third-order valence-electron chi connectivity index (χ3n) is 3.20. The predicted octanol–water partition coefficient (Wildman–Crippen LogP) is 3.83. The summed E-state index contributed by atoms with van der Waals surface area (Å²) in [7, 11) is 0. The smallest absolute Gasteiger partial charge is 0.206 e. The number of phenols is 1. The maximum absolute atomic E-state index is 9.99. The Bertz CT molecular complexity index is 740. The van der Waals surface area contributed by atoms with Gasteiger partial charge in [0.25, 0.3) is 0 Å². The van der Waals surface area contributed by atoms with Crippen LogP contribution in [0.2, 0.25) is 0 Å². The Balaban J connectivity index is 1.72. The molecule has 0 aliphatic carbocycles. The number of aryl methyl sites for hydroxylation is 1. The Morgan fingerprint density at radius 1 is 1.05 bits per heavy atom. The van der Waals surface area contributed by atoms with E-state index >= 15 is 0 Å². The molecule has 0 saturated heterocycles. The Kier molecular flexibility index (Phi) is 3.83. The number of phenolic OH excluding ortho intramolecular Hbond substituents is 1. The molecular formula is C16H15N3OS. The second-order valence-electron chi connectivity index (χ2n) is 4.71. The van der Waals surface area contributed by atoms with E-state index in [9.17, 15) is 5.11 Å². The maximum Gasteiger partial charge on any atom is 0.206 e. The minimum atomic E-state index is 0.331. The average Bonchev–Trinajstić information content (AvgIpc) is 2.99. The van der Waals surface area contributed by atoms with Gasteiger partial charge in [-0.1, -0.05) is 59.9 Å². The lowest BCUT2D eigenvalue weighted by atomic mass is 10.1. The molecule has 0 aliphatic rings. The number of nitrogens with zero attached hydrogens (tertiary/aromatic N) is 2. The first-order valence-electron chi connectivity index (χ1n) is 6.64. The van der Waals surface area contributed by atoms with Gasteiger partial charge in [-0.05, 0) is 12.5 Å². The molecule has 0 fully saturated rings. The van der Waals surface area contributed by atoms with Gasteiger partial charge in [-0.25, -0.2) is 0 Å². The van der Waals surface area contributed by atoms with Gasteiger partial charge in [-0.3, -0.25) is 0 Å². The highest BCUT2D eigenvalue weighted by molar-refractivity contribution is 7.18. The monoisotopic (exact) mass is 297 g/mol. The van der Waals surface area contributed by atoms with E-state index in [0.717, 1.165) is 26.8 Å². The van der Waals surface area contributed by atoms with Gasteiger partial charge in [-0.2, -0.15) is 0 Å². The van der Waals surface area contributed by atoms with Crippen LogP contribution < -0.4 is 5.32 Å². The molecule has 5 heteroatoms. The van der Waals surface area contributed by atoms with Gasteiger partial charge in [0, 0.05) is 17.7 Å². The number of rotatable bonds is 4. The highest BCUT2D eigenvalue weighted by Crippen LogP contribution is 2.27. The lowest BCUT2D eigenvalue weighted by Gasteiger charge is -2.07. The van der Waals surface area contributed by atoms with Crippen molar-refractivity contribution in [1.29, 1.82) is 0 Å². The number of hydrogen-bond donors (Lipinski definition) is 2. The number of hydrogen-bond acceptors (Lipinski definition) is 5. The third kappa shape index (κ3) is 3.03. The number of benzene rings is 2. The molecule has 1 aromatic heterocycles. The number of para-hydroxylation sites is 1. The van der Waals surface area contributed by atoms with E-state index in [2.05, 4.69) is 15.5 Å². The lowest BCUT2D eigenvalue weighted by Crippen LogP contribution is -1.99. The molecule has 0 amide bonds. The van der Waals surface area contributed by atoms with Gasteiger partial charge in [0.05, 0.1) is 0 Å². The van der Waals surface area contributed by atoms with E-state index in [1.54, 1.807) is 0 Å². The summed E-state index contributed by atoms with van der Waals surface area (Å²) in [5.41, 5.74) is 2.78. The topological polar surface area (TPSA) is 58.0 Å². The fourth-order valence-electron chi connectivity index (χ4n) is 2.03. The third-order valence-corrected chi connectivity index (χ3v) is 4.13. The van der Waals surface area contributed by atoms with Crippen LogP contribution in [-0.2, 0) is 6.54 Å². The van der Waals surface area contributed by atoms with Crippen LogP contribution in [0.25, 0.3) is 10.6 Å². The van der Waals surface area contributed by atoms with Crippen molar-refractivity contribution in [3.63, 3.8) is 0 Å². The predicted molar refractivity (Wildman–Crippen MR) is 85.5 cm³/mol. The van der Waals surface area contributed by atoms with Crippen molar-refractivity contribution in [3.05, 3.63) is 59.7 Å². The van der Waals surface area contributed by atoms with Gasteiger partial charge in [0.15, 0.2) is 0 Å². The van der Waals surface area contributed by atoms with Crippen LogP contribution in [0.5, 0.6) is 5.75 Å². The quantitative estimate of drug-likeness (QED) is 0.768. The summed E-state index contributed by atoms with van der Waals surface area (Å²) in [4.78, 5) is 0. The van der Waals surface area contributed by atoms with Crippen LogP contribution in [0, 0.1) is 6.92 Å². The Morgan fingerprint density at radius 2 is 1.86 bits per heavy atom. The molecule has 0 aliphatic heterocycles. The van der Waals surface area contributed by atoms with Gasteiger partial charge in [-0.15, -0.1) is 10.2 Å². The summed E-state index contributed by atoms with van der Waals surface area (Å²) < 4.78 is 0. The van der Waals surface area contributed by atoms with E-state index in [1.807, 2.05) is 55.5 Å². The minimum absolute atomic E-state index is 0.331. The first-order chi connectivity index (χ1) is 10.2. The molecule has 0 atom stereocenters. The van der Waals surface area contributed by atoms with Gasteiger partial charge in [0.1, 0.15) is 10.8 Å². The molecule has 2 N–H and O–H groups in total. The van der Waals surface area contributed by atoms with Crippen molar-refractivity contribution in [2.24, 2.45) is 0 Å². The fourth-order valence-corrected chi connectivity index (χ4v) is 2.77. The van der Waals surface area contributed by atoms with Gasteiger partial charge < -0.3 is 10.4 Å². The normalized spacial score (nSPS) is 10.5. The zero-order valence-electron chi connectivity index (χ0n) is 11.6. The van der Waals surface area contributed by atoms with Crippen LogP contribution >= 0.6 is 11.3 Å². The molecule has 106 valence electrons. The molecule has 1 heterocycles. The zero-order chi connectivity index (χ0) is 14.7. The average molecular weight is 297 g/mol. The lowest BCUT2D eigenvalue weighted by molar-refractivity contribution is 0.465. The molecule has 2 aromatic carbocycles. The minimum Gasteiger partial charge on any atom is -0.507 e. The van der Waals surface area contributed by atoms with Crippen molar-refractivity contribution in [2.75, 3.05) is 5.32 Å². The molecule has 3 rings (SSSR count). The van der Waals surface area contributed by atoms with E-state index in [-0.39, 0.29) is 0 Å². The fraction of sp³-hybridized carbons (Fsp3) is 0.125. The molecule has 4 nitrogen and oxygen atoms in total. The second kappa shape index (κ2) is 5.93. The number of nitrogens with one attached hydrogen (secondary N) is 1. The summed E-state index contributed by atoms with van der Waals surface area (Å²) in [5.74, 6) is 0.331. The first kappa shape index (κ1) is 13.6. The van der Waals surface area contributed by atoms with Crippen LogP contribution in [-0.4, -0.2) is 15.3 Å². The van der Waals surface area contributed by atoms with E-state index in [0.29, 0.717) is 12.3 Å². The van der Waals surface area contributed by atoms with Crippen molar-refractivity contribution >= 4 is 16.5 Å². The molecular weight excluding hydrogens is 282 g/mol. The van der Waals surface area contributed by atoms with Crippen LogP contribution in [0.1, 0.15) is 11.1 Å². The van der Waals surface area contributed by atoms with E-state index in [4.69, 9.17) is 0 Å². The second-order valence-corrected chi connectivity index (χ2v) is 5.69. The maximum atomic E-state index is 9.99. The number of anilines is 1. The summed E-state index contributed by atoms with van der Waals surface area (Å²) >= 11 is 1.50. The molecule has 3 aromatic rings. The first-order valence-corrected chi connectivity index (χ1v) is 7.46. The highest BCUT2D eigenvalue weighted by Gasteiger charge is 2.07. The van der Waals surface area contributed by atoms with Gasteiger partial charge in [0.2, 0.25) is 5.13 Å². The summed E-state index contributed by atoms with van der Waals surface area (Å²) in [6, 6.07) is 15.7. The molecule has 0 saturated carbocycles. The molecule has 0 bridgehead atoms.